The Bertz CT molecular complexity index is 1080. The quantitative estimate of drug-likeness (QED) is 0.423. The summed E-state index contributed by atoms with van der Waals surface area (Å²) < 4.78 is 5.77. The van der Waals surface area contributed by atoms with Crippen LogP contribution < -0.4 is 5.32 Å². The number of hydrogen-bond acceptors (Lipinski definition) is 4. The molecule has 0 saturated heterocycles. The third-order valence-electron chi connectivity index (χ3n) is 4.10. The molecule has 0 aliphatic carbocycles. The Labute approximate surface area is 171 Å². The van der Waals surface area contributed by atoms with Gasteiger partial charge in [-0.25, -0.2) is 4.98 Å². The summed E-state index contributed by atoms with van der Waals surface area (Å²) in [6, 6.07) is 22.8. The molecule has 0 fully saturated rings. The maximum absolute atomic E-state index is 12.2. The molecule has 0 atom stereocenters. The summed E-state index contributed by atoms with van der Waals surface area (Å²) in [5.74, 6) is 1.64. The molecule has 0 aliphatic rings. The summed E-state index contributed by atoms with van der Waals surface area (Å²) in [6.45, 7) is 0. The van der Waals surface area contributed by atoms with Gasteiger partial charge in [0.15, 0.2) is 5.58 Å². The van der Waals surface area contributed by atoms with Crippen molar-refractivity contribution in [2.75, 3.05) is 11.1 Å². The van der Waals surface area contributed by atoms with E-state index in [1.165, 1.54) is 0 Å². The van der Waals surface area contributed by atoms with Crippen molar-refractivity contribution in [3.8, 4) is 11.5 Å². The molecule has 4 nitrogen and oxygen atoms in total. The third kappa shape index (κ3) is 4.55. The van der Waals surface area contributed by atoms with Gasteiger partial charge in [-0.3, -0.25) is 4.79 Å². The largest absolute Gasteiger partial charge is 0.436 e. The molecular formula is C22H17ClN2O2S. The zero-order valence-electron chi connectivity index (χ0n) is 14.9. The van der Waals surface area contributed by atoms with E-state index in [1.54, 1.807) is 11.8 Å². The van der Waals surface area contributed by atoms with Gasteiger partial charge >= 0.3 is 0 Å². The number of hydrogen-bond donors (Lipinski definition) is 1. The maximum atomic E-state index is 12.2. The molecule has 4 aromatic rings. The number of benzene rings is 3. The molecule has 0 saturated carbocycles. The van der Waals surface area contributed by atoms with Crippen molar-refractivity contribution in [3.05, 3.63) is 83.4 Å². The van der Waals surface area contributed by atoms with E-state index in [4.69, 9.17) is 16.0 Å². The second-order valence-electron chi connectivity index (χ2n) is 6.23. The Kier molecular flexibility index (Phi) is 5.65. The van der Waals surface area contributed by atoms with Crippen molar-refractivity contribution in [1.29, 1.82) is 0 Å². The number of anilines is 1. The van der Waals surface area contributed by atoms with E-state index in [-0.39, 0.29) is 5.91 Å². The molecule has 1 N–H and O–H groups in total. The zero-order valence-corrected chi connectivity index (χ0v) is 16.5. The van der Waals surface area contributed by atoms with Crippen LogP contribution in [-0.2, 0) is 10.5 Å². The lowest BCUT2D eigenvalue weighted by atomic mass is 10.2. The number of halogens is 1. The first-order valence-corrected chi connectivity index (χ1v) is 10.3. The normalized spacial score (nSPS) is 10.9. The van der Waals surface area contributed by atoms with Gasteiger partial charge < -0.3 is 9.73 Å². The van der Waals surface area contributed by atoms with Gasteiger partial charge in [0.1, 0.15) is 5.52 Å². The molecular weight excluding hydrogens is 392 g/mol. The molecule has 1 heterocycles. The fourth-order valence-corrected chi connectivity index (χ4v) is 3.76. The van der Waals surface area contributed by atoms with E-state index in [0.717, 1.165) is 33.7 Å². The highest BCUT2D eigenvalue weighted by molar-refractivity contribution is 7.99. The number of fused-ring (bicyclic) bond motifs is 1. The maximum Gasteiger partial charge on any atom is 0.234 e. The van der Waals surface area contributed by atoms with Gasteiger partial charge in [0.25, 0.3) is 0 Å². The van der Waals surface area contributed by atoms with Crippen LogP contribution in [0.3, 0.4) is 0 Å². The number of carbonyl (C=O) groups excluding carboxylic acids is 1. The van der Waals surface area contributed by atoms with Crippen molar-refractivity contribution in [2.24, 2.45) is 0 Å². The molecule has 1 aromatic heterocycles. The number of aromatic nitrogens is 1. The highest BCUT2D eigenvalue weighted by Crippen LogP contribution is 2.25. The molecule has 0 spiro atoms. The van der Waals surface area contributed by atoms with Crippen molar-refractivity contribution in [2.45, 2.75) is 5.75 Å². The minimum atomic E-state index is -0.0401. The highest BCUT2D eigenvalue weighted by Gasteiger charge is 2.08. The number of para-hydroxylation sites is 2. The van der Waals surface area contributed by atoms with Gasteiger partial charge in [0.05, 0.1) is 5.75 Å². The fourth-order valence-electron chi connectivity index (χ4n) is 2.78. The van der Waals surface area contributed by atoms with Gasteiger partial charge in [-0.1, -0.05) is 35.9 Å². The predicted molar refractivity (Wildman–Crippen MR) is 116 cm³/mol. The van der Waals surface area contributed by atoms with Gasteiger partial charge in [0, 0.05) is 22.0 Å². The van der Waals surface area contributed by atoms with E-state index in [1.807, 2.05) is 72.8 Å². The minimum Gasteiger partial charge on any atom is -0.436 e. The standard InChI is InChI=1S/C22H17ClN2O2S/c23-17-5-3-4-15(12-17)13-28-14-21(26)24-18-10-8-16(9-11-18)22-25-19-6-1-2-7-20(19)27-22/h1-12H,13-14H2,(H,24,26). The van der Waals surface area contributed by atoms with Crippen LogP contribution in [0.1, 0.15) is 5.56 Å². The lowest BCUT2D eigenvalue weighted by Gasteiger charge is -2.06. The van der Waals surface area contributed by atoms with Crippen LogP contribution in [0.5, 0.6) is 0 Å². The first-order chi connectivity index (χ1) is 13.7. The highest BCUT2D eigenvalue weighted by atomic mass is 35.5. The van der Waals surface area contributed by atoms with Crippen molar-refractivity contribution < 1.29 is 9.21 Å². The van der Waals surface area contributed by atoms with Gasteiger partial charge in [0.2, 0.25) is 11.8 Å². The predicted octanol–water partition coefficient (Wildman–Crippen LogP) is 6.02. The molecule has 1 amide bonds. The smallest absolute Gasteiger partial charge is 0.234 e. The minimum absolute atomic E-state index is 0.0401. The van der Waals surface area contributed by atoms with Crippen LogP contribution in [0.2, 0.25) is 5.02 Å². The van der Waals surface area contributed by atoms with Gasteiger partial charge in [-0.15, -0.1) is 11.8 Å². The van der Waals surface area contributed by atoms with E-state index < -0.39 is 0 Å². The lowest BCUT2D eigenvalue weighted by molar-refractivity contribution is -0.113. The van der Waals surface area contributed by atoms with Crippen molar-refractivity contribution >= 4 is 46.1 Å². The summed E-state index contributed by atoms with van der Waals surface area (Å²) in [7, 11) is 0. The first-order valence-electron chi connectivity index (χ1n) is 8.75. The number of oxazole rings is 1. The second kappa shape index (κ2) is 8.50. The van der Waals surface area contributed by atoms with Crippen LogP contribution >= 0.6 is 23.4 Å². The van der Waals surface area contributed by atoms with Crippen LogP contribution in [0.25, 0.3) is 22.6 Å². The summed E-state index contributed by atoms with van der Waals surface area (Å²) in [5.41, 5.74) is 4.30. The third-order valence-corrected chi connectivity index (χ3v) is 5.34. The topological polar surface area (TPSA) is 55.1 Å². The van der Waals surface area contributed by atoms with Crippen molar-refractivity contribution in [1.82, 2.24) is 4.98 Å². The Balaban J connectivity index is 1.33. The average Bonchev–Trinajstić information content (AvgIpc) is 3.13. The number of nitrogens with one attached hydrogen (secondary N) is 1. The lowest BCUT2D eigenvalue weighted by Crippen LogP contribution is -2.14. The molecule has 28 heavy (non-hydrogen) atoms. The number of amides is 1. The fraction of sp³-hybridized carbons (Fsp3) is 0.0909. The summed E-state index contributed by atoms with van der Waals surface area (Å²) in [5, 5.41) is 3.62. The first kappa shape index (κ1) is 18.6. The molecule has 140 valence electrons. The summed E-state index contributed by atoms with van der Waals surface area (Å²) >= 11 is 7.52. The van der Waals surface area contributed by atoms with Crippen LogP contribution in [0, 0.1) is 0 Å². The van der Waals surface area contributed by atoms with E-state index >= 15 is 0 Å². The Morgan fingerprint density at radius 2 is 1.86 bits per heavy atom. The van der Waals surface area contributed by atoms with E-state index in [2.05, 4.69) is 10.3 Å². The zero-order chi connectivity index (χ0) is 19.3. The SMILES string of the molecule is O=C(CSCc1cccc(Cl)c1)Nc1ccc(-c2nc3ccccc3o2)cc1. The Morgan fingerprint density at radius 1 is 1.04 bits per heavy atom. The molecule has 0 aliphatic heterocycles. The number of nitrogens with zero attached hydrogens (tertiary/aromatic N) is 1. The Hall–Kier alpha value is -2.76. The van der Waals surface area contributed by atoms with Crippen molar-refractivity contribution in [3.63, 3.8) is 0 Å². The second-order valence-corrected chi connectivity index (χ2v) is 7.66. The van der Waals surface area contributed by atoms with Crippen LogP contribution in [0.4, 0.5) is 5.69 Å². The number of rotatable bonds is 6. The number of carbonyl (C=O) groups is 1. The van der Waals surface area contributed by atoms with Gasteiger partial charge in [-0.05, 0) is 54.1 Å². The average molecular weight is 409 g/mol. The number of thioether (sulfide) groups is 1. The molecule has 3 aromatic carbocycles. The summed E-state index contributed by atoms with van der Waals surface area (Å²) in [6.07, 6.45) is 0. The van der Waals surface area contributed by atoms with Crippen LogP contribution in [-0.4, -0.2) is 16.6 Å². The van der Waals surface area contributed by atoms with Crippen LogP contribution in [0.15, 0.2) is 77.2 Å². The Morgan fingerprint density at radius 3 is 2.64 bits per heavy atom. The van der Waals surface area contributed by atoms with Gasteiger partial charge in [-0.2, -0.15) is 0 Å². The molecule has 0 radical (unpaired) electrons. The molecule has 6 heteroatoms. The summed E-state index contributed by atoms with van der Waals surface area (Å²) in [4.78, 5) is 16.6. The molecule has 0 bridgehead atoms. The van der Waals surface area contributed by atoms with E-state index in [9.17, 15) is 4.79 Å². The molecule has 4 rings (SSSR count). The van der Waals surface area contributed by atoms with E-state index in [0.29, 0.717) is 16.7 Å². The molecule has 0 unspecified atom stereocenters. The monoisotopic (exact) mass is 408 g/mol.